The number of amides is 1. The van der Waals surface area contributed by atoms with Crippen LogP contribution in [0.1, 0.15) is 62.8 Å². The Morgan fingerprint density at radius 3 is 2.84 bits per heavy atom. The highest BCUT2D eigenvalue weighted by Crippen LogP contribution is 2.40. The third-order valence-electron chi connectivity index (χ3n) is 6.04. The van der Waals surface area contributed by atoms with Crippen LogP contribution in [0.15, 0.2) is 24.3 Å². The number of carbonyl (C=O) groups excluding carboxylic acids is 1. The monoisotopic (exact) mass is 356 g/mol. The number of aromatic nitrogens is 1. The Morgan fingerprint density at radius 1 is 1.12 bits per heavy atom. The Labute approximate surface area is 154 Å². The molecule has 2 aromatic rings. The zero-order chi connectivity index (χ0) is 17.1. The molecule has 3 nitrogen and oxygen atoms in total. The van der Waals surface area contributed by atoms with Crippen molar-refractivity contribution in [2.24, 2.45) is 11.8 Å². The molecule has 2 fully saturated rings. The second-order valence-corrected chi connectivity index (χ2v) is 8.93. The van der Waals surface area contributed by atoms with Crippen LogP contribution in [0.4, 0.5) is 0 Å². The lowest BCUT2D eigenvalue weighted by molar-refractivity contribution is -0.122. The van der Waals surface area contributed by atoms with Gasteiger partial charge in [-0.1, -0.05) is 37.8 Å². The van der Waals surface area contributed by atoms with Gasteiger partial charge in [-0.25, -0.2) is 4.98 Å². The van der Waals surface area contributed by atoms with E-state index in [1.807, 2.05) is 6.07 Å². The Bertz CT molecular complexity index is 693. The first-order valence-electron chi connectivity index (χ1n) is 9.92. The summed E-state index contributed by atoms with van der Waals surface area (Å²) in [6.45, 7) is 0. The molecule has 0 aliphatic heterocycles. The fourth-order valence-corrected chi connectivity index (χ4v) is 5.74. The van der Waals surface area contributed by atoms with E-state index in [1.165, 1.54) is 49.6 Å². The van der Waals surface area contributed by atoms with Crippen molar-refractivity contribution in [2.75, 3.05) is 0 Å². The van der Waals surface area contributed by atoms with Gasteiger partial charge in [0.2, 0.25) is 5.91 Å². The molecule has 3 atom stereocenters. The molecule has 0 radical (unpaired) electrons. The Balaban J connectivity index is 1.21. The van der Waals surface area contributed by atoms with Crippen LogP contribution in [0.2, 0.25) is 0 Å². The van der Waals surface area contributed by atoms with Crippen molar-refractivity contribution in [2.45, 2.75) is 70.3 Å². The lowest BCUT2D eigenvalue weighted by Gasteiger charge is -2.39. The van der Waals surface area contributed by atoms with Crippen molar-refractivity contribution >= 4 is 27.5 Å². The van der Waals surface area contributed by atoms with Gasteiger partial charge in [-0.3, -0.25) is 4.79 Å². The van der Waals surface area contributed by atoms with Gasteiger partial charge in [0.25, 0.3) is 0 Å². The van der Waals surface area contributed by atoms with E-state index in [0.717, 1.165) is 35.2 Å². The van der Waals surface area contributed by atoms with Crippen molar-refractivity contribution in [3.8, 4) is 0 Å². The minimum atomic E-state index is 0.236. The molecule has 1 heterocycles. The van der Waals surface area contributed by atoms with Gasteiger partial charge in [-0.15, -0.1) is 11.3 Å². The molecule has 0 bridgehead atoms. The van der Waals surface area contributed by atoms with Crippen LogP contribution in [-0.4, -0.2) is 16.9 Å². The molecule has 2 saturated carbocycles. The molecule has 2 aliphatic rings. The molecular weight excluding hydrogens is 328 g/mol. The molecule has 134 valence electrons. The van der Waals surface area contributed by atoms with Crippen LogP contribution in [-0.2, 0) is 11.2 Å². The fourth-order valence-electron chi connectivity index (χ4n) is 4.73. The number of nitrogens with one attached hydrogen (secondary N) is 1. The van der Waals surface area contributed by atoms with Crippen LogP contribution < -0.4 is 5.32 Å². The van der Waals surface area contributed by atoms with E-state index in [4.69, 9.17) is 0 Å². The average Bonchev–Trinajstić information content (AvgIpc) is 3.04. The molecule has 2 aliphatic carbocycles. The van der Waals surface area contributed by atoms with Crippen molar-refractivity contribution < 1.29 is 4.79 Å². The second kappa shape index (κ2) is 7.86. The first-order valence-corrected chi connectivity index (χ1v) is 10.7. The molecule has 4 rings (SSSR count). The van der Waals surface area contributed by atoms with Crippen LogP contribution in [0.25, 0.3) is 10.2 Å². The molecule has 0 spiro atoms. The maximum atomic E-state index is 12.3. The number of hydrogen-bond acceptors (Lipinski definition) is 3. The number of benzene rings is 1. The van der Waals surface area contributed by atoms with Gasteiger partial charge in [0, 0.05) is 12.5 Å². The summed E-state index contributed by atoms with van der Waals surface area (Å²) >= 11 is 1.75. The molecule has 0 saturated heterocycles. The van der Waals surface area contributed by atoms with Crippen molar-refractivity contribution in [1.29, 1.82) is 0 Å². The predicted molar refractivity (Wildman–Crippen MR) is 104 cm³/mol. The van der Waals surface area contributed by atoms with E-state index in [9.17, 15) is 4.79 Å². The number of carbonyl (C=O) groups is 1. The van der Waals surface area contributed by atoms with E-state index >= 15 is 0 Å². The first-order chi connectivity index (χ1) is 12.3. The Kier molecular flexibility index (Phi) is 5.35. The smallest absolute Gasteiger partial charge is 0.220 e. The molecule has 0 unspecified atom stereocenters. The zero-order valence-corrected chi connectivity index (χ0v) is 15.7. The summed E-state index contributed by atoms with van der Waals surface area (Å²) < 4.78 is 1.24. The topological polar surface area (TPSA) is 42.0 Å². The van der Waals surface area contributed by atoms with Gasteiger partial charge in [-0.2, -0.15) is 0 Å². The number of fused-ring (bicyclic) bond motifs is 2. The molecule has 1 aromatic heterocycles. The molecule has 1 aromatic carbocycles. The standard InChI is InChI=1S/C21H28N2OS/c24-20(22-17-13-12-15-6-1-2-7-16(15)14-17)10-5-11-21-23-18-8-3-4-9-19(18)25-21/h3-4,8-9,15-17H,1-2,5-7,10-14H2,(H,22,24)/t15-,16+,17+/m0/s1. The van der Waals surface area contributed by atoms with Crippen molar-refractivity contribution in [1.82, 2.24) is 10.3 Å². The zero-order valence-electron chi connectivity index (χ0n) is 14.9. The molecular formula is C21H28N2OS. The molecule has 25 heavy (non-hydrogen) atoms. The summed E-state index contributed by atoms with van der Waals surface area (Å²) in [6.07, 6.45) is 11.8. The molecule has 1 N–H and O–H groups in total. The van der Waals surface area contributed by atoms with Gasteiger partial charge < -0.3 is 5.32 Å². The second-order valence-electron chi connectivity index (χ2n) is 7.81. The van der Waals surface area contributed by atoms with E-state index in [2.05, 4.69) is 28.5 Å². The van der Waals surface area contributed by atoms with Gasteiger partial charge in [-0.05, 0) is 56.1 Å². The highest BCUT2D eigenvalue weighted by Gasteiger charge is 2.32. The SMILES string of the molecule is O=C(CCCc1nc2ccccc2s1)N[C@@H]1CC[C@@H]2CCCC[C@@H]2C1. The molecule has 1 amide bonds. The highest BCUT2D eigenvalue weighted by atomic mass is 32.1. The maximum absolute atomic E-state index is 12.3. The minimum Gasteiger partial charge on any atom is -0.353 e. The average molecular weight is 357 g/mol. The van der Waals surface area contributed by atoms with E-state index in [0.29, 0.717) is 12.5 Å². The Hall–Kier alpha value is -1.42. The summed E-state index contributed by atoms with van der Waals surface area (Å²) in [5.74, 6) is 2.05. The van der Waals surface area contributed by atoms with Gasteiger partial charge >= 0.3 is 0 Å². The van der Waals surface area contributed by atoms with Gasteiger partial charge in [0.05, 0.1) is 15.2 Å². The minimum absolute atomic E-state index is 0.236. The molecule has 4 heteroatoms. The normalized spacial score (nSPS) is 26.3. The fraction of sp³-hybridized carbons (Fsp3) is 0.619. The number of hydrogen-bond donors (Lipinski definition) is 1. The summed E-state index contributed by atoms with van der Waals surface area (Å²) in [6, 6.07) is 8.68. The van der Waals surface area contributed by atoms with Crippen LogP contribution in [0.3, 0.4) is 0 Å². The maximum Gasteiger partial charge on any atom is 0.220 e. The van der Waals surface area contributed by atoms with E-state index in [1.54, 1.807) is 11.3 Å². The highest BCUT2D eigenvalue weighted by molar-refractivity contribution is 7.18. The van der Waals surface area contributed by atoms with Crippen LogP contribution in [0, 0.1) is 11.8 Å². The summed E-state index contributed by atoms with van der Waals surface area (Å²) in [5, 5.41) is 4.46. The number of aryl methyl sites for hydroxylation is 1. The summed E-state index contributed by atoms with van der Waals surface area (Å²) in [5.41, 5.74) is 1.08. The number of nitrogens with zero attached hydrogens (tertiary/aromatic N) is 1. The number of thiazole rings is 1. The predicted octanol–water partition coefficient (Wildman–Crippen LogP) is 5.09. The van der Waals surface area contributed by atoms with E-state index in [-0.39, 0.29) is 5.91 Å². The van der Waals surface area contributed by atoms with Crippen LogP contribution >= 0.6 is 11.3 Å². The largest absolute Gasteiger partial charge is 0.353 e. The summed E-state index contributed by atoms with van der Waals surface area (Å²) in [4.78, 5) is 17.0. The third kappa shape index (κ3) is 4.22. The number of rotatable bonds is 5. The Morgan fingerprint density at radius 2 is 1.96 bits per heavy atom. The quantitative estimate of drug-likeness (QED) is 0.810. The van der Waals surface area contributed by atoms with Gasteiger partial charge in [0.1, 0.15) is 0 Å². The van der Waals surface area contributed by atoms with Crippen molar-refractivity contribution in [3.05, 3.63) is 29.3 Å². The first kappa shape index (κ1) is 17.0. The lowest BCUT2D eigenvalue weighted by atomic mass is 9.69. The summed E-state index contributed by atoms with van der Waals surface area (Å²) in [7, 11) is 0. The number of para-hydroxylation sites is 1. The van der Waals surface area contributed by atoms with Gasteiger partial charge in [0.15, 0.2) is 0 Å². The van der Waals surface area contributed by atoms with Crippen molar-refractivity contribution in [3.63, 3.8) is 0 Å². The van der Waals surface area contributed by atoms with Crippen LogP contribution in [0.5, 0.6) is 0 Å². The third-order valence-corrected chi connectivity index (χ3v) is 7.13. The van der Waals surface area contributed by atoms with E-state index < -0.39 is 0 Å². The lowest BCUT2D eigenvalue weighted by Crippen LogP contribution is -2.41.